The Morgan fingerprint density at radius 2 is 1.14 bits per heavy atom. The summed E-state index contributed by atoms with van der Waals surface area (Å²) in [6.45, 7) is 1.63. The molecular formula is C12H24BNNa2O6. The molecule has 5 N–H and O–H groups in total. The van der Waals surface area contributed by atoms with E-state index >= 15 is 0 Å². The van der Waals surface area contributed by atoms with Crippen molar-refractivity contribution in [3.63, 3.8) is 0 Å². The quantitative estimate of drug-likeness (QED) is 0.256. The van der Waals surface area contributed by atoms with Crippen LogP contribution in [0.25, 0.3) is 0 Å². The molecule has 0 fully saturated rings. The van der Waals surface area contributed by atoms with Gasteiger partial charge in [0.05, 0.1) is 19.8 Å². The van der Waals surface area contributed by atoms with E-state index in [9.17, 15) is 0 Å². The zero-order chi connectivity index (χ0) is 15.4. The van der Waals surface area contributed by atoms with Crippen LogP contribution in [-0.2, 0) is 0 Å². The molecule has 0 aliphatic heterocycles. The fourth-order valence-corrected chi connectivity index (χ4v) is 2.04. The molecule has 22 heavy (non-hydrogen) atoms. The summed E-state index contributed by atoms with van der Waals surface area (Å²) in [5, 5.41) is 50.2. The van der Waals surface area contributed by atoms with Crippen LogP contribution in [0.3, 0.4) is 0 Å². The number of benzene rings is 1. The molecule has 0 saturated heterocycles. The van der Waals surface area contributed by atoms with Gasteiger partial charge in [-0.2, -0.15) is 0 Å². The summed E-state index contributed by atoms with van der Waals surface area (Å²) in [5.41, 5.74) is 1.01. The zero-order valence-electron chi connectivity index (χ0n) is 11.3. The zero-order valence-corrected chi connectivity index (χ0v) is 11.3. The first kappa shape index (κ1) is 27.8. The van der Waals surface area contributed by atoms with Crippen molar-refractivity contribution in [3.05, 3.63) is 30.3 Å². The van der Waals surface area contributed by atoms with Gasteiger partial charge in [-0.05, 0) is 12.1 Å². The summed E-state index contributed by atoms with van der Waals surface area (Å²) in [4.78, 5) is 0. The topological polar surface area (TPSA) is 124 Å². The Morgan fingerprint density at radius 3 is 1.41 bits per heavy atom. The van der Waals surface area contributed by atoms with Crippen molar-refractivity contribution in [3.8, 4) is 0 Å². The minimum absolute atomic E-state index is 0. The molecule has 0 atom stereocenters. The van der Waals surface area contributed by atoms with E-state index in [0.717, 1.165) is 5.69 Å². The van der Waals surface area contributed by atoms with Crippen LogP contribution < -0.4 is 9.51 Å². The Bertz CT molecular complexity index is 328. The molecule has 0 heterocycles. The number of para-hydroxylation sites is 1. The molecule has 0 aliphatic rings. The van der Waals surface area contributed by atoms with Crippen molar-refractivity contribution in [1.82, 2.24) is 4.48 Å². The number of nitrogens with zero attached hydrogens (tertiary/aromatic N) is 1. The minimum atomic E-state index is -2.42. The van der Waals surface area contributed by atoms with E-state index in [1.54, 1.807) is 0 Å². The maximum atomic E-state index is 9.14. The number of rotatable bonds is 7. The Hall–Kier alpha value is 1.00. The van der Waals surface area contributed by atoms with E-state index in [2.05, 4.69) is 0 Å². The molecule has 0 bridgehead atoms. The summed E-state index contributed by atoms with van der Waals surface area (Å²) in [6, 6.07) is 9.69. The van der Waals surface area contributed by atoms with E-state index in [1.807, 2.05) is 30.3 Å². The van der Waals surface area contributed by atoms with Crippen molar-refractivity contribution >= 4 is 72.1 Å². The molecule has 0 radical (unpaired) electrons. The summed E-state index contributed by atoms with van der Waals surface area (Å²) >= 11 is 0. The molecule has 0 spiro atoms. The van der Waals surface area contributed by atoms with Crippen LogP contribution in [0.1, 0.15) is 0 Å². The van der Waals surface area contributed by atoms with Gasteiger partial charge in [-0.3, -0.25) is 4.48 Å². The largest absolute Gasteiger partial charge is 0.832 e. The molecule has 0 saturated carbocycles. The van der Waals surface area contributed by atoms with Crippen LogP contribution in [0.2, 0.25) is 0 Å². The summed E-state index contributed by atoms with van der Waals surface area (Å²) in [5.74, 6) is 0. The third-order valence-electron chi connectivity index (χ3n) is 2.89. The standard InChI is InChI=1S/C12H20NO3.BH2O3.2Na.2H/c14-9-6-13(7-10-15,8-11-16)12-4-2-1-3-5-12;2-1(3)4;;;;/h1-5,14-16H,6-11H2;2-3H;;;;/q+1;-1;;;;. The smallest absolute Gasteiger partial charge is 0.339 e. The fourth-order valence-electron chi connectivity index (χ4n) is 2.04. The predicted octanol–water partition coefficient (Wildman–Crippen LogP) is -4.01. The maximum Gasteiger partial charge on any atom is 0.339 e. The van der Waals surface area contributed by atoms with Crippen LogP contribution in [0, 0.1) is 0 Å². The number of quaternary nitrogens is 1. The maximum absolute atomic E-state index is 9.14. The molecule has 0 amide bonds. The Balaban J connectivity index is -0.000000538. The van der Waals surface area contributed by atoms with E-state index in [0.29, 0.717) is 24.1 Å². The van der Waals surface area contributed by atoms with Gasteiger partial charge in [-0.25, -0.2) is 0 Å². The van der Waals surface area contributed by atoms with Gasteiger partial charge in [0.2, 0.25) is 0 Å². The molecule has 0 aliphatic carbocycles. The van der Waals surface area contributed by atoms with Crippen LogP contribution in [0.15, 0.2) is 30.3 Å². The Morgan fingerprint density at radius 1 is 0.818 bits per heavy atom. The molecule has 1 rings (SSSR count). The fraction of sp³-hybridized carbons (Fsp3) is 0.500. The van der Waals surface area contributed by atoms with Crippen molar-refractivity contribution in [2.75, 3.05) is 39.5 Å². The van der Waals surface area contributed by atoms with E-state index in [1.165, 1.54) is 0 Å². The molecule has 1 aromatic carbocycles. The second-order valence-corrected chi connectivity index (χ2v) is 4.15. The van der Waals surface area contributed by atoms with Crippen molar-refractivity contribution in [1.29, 1.82) is 0 Å². The number of hydrogen-bond donors (Lipinski definition) is 5. The average Bonchev–Trinajstić information content (AvgIpc) is 2.40. The Labute approximate surface area is 175 Å². The van der Waals surface area contributed by atoms with Crippen LogP contribution in [0.5, 0.6) is 0 Å². The van der Waals surface area contributed by atoms with Crippen molar-refractivity contribution < 1.29 is 30.4 Å². The third kappa shape index (κ3) is 11.5. The van der Waals surface area contributed by atoms with Crippen molar-refractivity contribution in [2.45, 2.75) is 0 Å². The number of hydrogen-bond acceptors (Lipinski definition) is 6. The number of aliphatic hydroxyl groups is 3. The Kier molecular flexibility index (Phi) is 21.3. The van der Waals surface area contributed by atoms with Crippen LogP contribution >= 0.6 is 0 Å². The van der Waals surface area contributed by atoms with Gasteiger partial charge in [0, 0.05) is 0 Å². The van der Waals surface area contributed by atoms with Gasteiger partial charge in [0.15, 0.2) is 0 Å². The normalized spacial score (nSPS) is 9.73. The third-order valence-corrected chi connectivity index (χ3v) is 2.89. The SMILES string of the molecule is OCC[N+](CCO)(CCO)c1ccccc1.[NaH].[NaH].[O-]B(O)O. The predicted molar refractivity (Wildman–Crippen MR) is 88.6 cm³/mol. The first-order valence-electron chi connectivity index (χ1n) is 6.28. The summed E-state index contributed by atoms with van der Waals surface area (Å²) in [6.07, 6.45) is 0. The minimum Gasteiger partial charge on any atom is -0.832 e. The van der Waals surface area contributed by atoms with Crippen molar-refractivity contribution in [2.24, 2.45) is 0 Å². The second-order valence-electron chi connectivity index (χ2n) is 4.15. The summed E-state index contributed by atoms with van der Waals surface area (Å²) in [7, 11) is -2.42. The van der Waals surface area contributed by atoms with Gasteiger partial charge < -0.3 is 30.4 Å². The molecule has 0 aromatic heterocycles. The van der Waals surface area contributed by atoms with Gasteiger partial charge in [0.25, 0.3) is 0 Å². The second kappa shape index (κ2) is 16.8. The summed E-state index contributed by atoms with van der Waals surface area (Å²) < 4.78 is 0.421. The molecule has 7 nitrogen and oxygen atoms in total. The van der Waals surface area contributed by atoms with Gasteiger partial charge in [0.1, 0.15) is 25.3 Å². The van der Waals surface area contributed by atoms with Crippen LogP contribution in [-0.4, -0.2) is 131 Å². The van der Waals surface area contributed by atoms with E-state index in [4.69, 9.17) is 30.4 Å². The number of aliphatic hydroxyl groups excluding tert-OH is 3. The average molecular weight is 335 g/mol. The molecule has 10 heteroatoms. The molecular weight excluding hydrogens is 311 g/mol. The van der Waals surface area contributed by atoms with Gasteiger partial charge >= 0.3 is 66.4 Å². The van der Waals surface area contributed by atoms with Crippen LogP contribution in [0.4, 0.5) is 5.69 Å². The van der Waals surface area contributed by atoms with E-state index in [-0.39, 0.29) is 78.9 Å². The monoisotopic (exact) mass is 335 g/mol. The molecule has 1 aromatic rings. The first-order valence-corrected chi connectivity index (χ1v) is 6.28. The van der Waals surface area contributed by atoms with Gasteiger partial charge in [-0.15, -0.1) is 0 Å². The molecule has 0 unspecified atom stereocenters. The first-order chi connectivity index (χ1) is 9.52. The van der Waals surface area contributed by atoms with E-state index < -0.39 is 7.32 Å². The van der Waals surface area contributed by atoms with Gasteiger partial charge in [-0.1, -0.05) is 18.2 Å². The molecule has 118 valence electrons.